The number of aromatic nitrogens is 2. The van der Waals surface area contributed by atoms with E-state index in [1.54, 1.807) is 7.11 Å². The molecule has 4 nitrogen and oxygen atoms in total. The summed E-state index contributed by atoms with van der Waals surface area (Å²) in [6, 6.07) is 0. The summed E-state index contributed by atoms with van der Waals surface area (Å²) in [5.74, 6) is 2.86. The Morgan fingerprint density at radius 1 is 1.26 bits per heavy atom. The highest BCUT2D eigenvalue weighted by atomic mass is 127. The zero-order chi connectivity index (χ0) is 13.8. The van der Waals surface area contributed by atoms with Gasteiger partial charge in [0.1, 0.15) is 11.6 Å². The molecule has 106 valence electrons. The zero-order valence-corrected chi connectivity index (χ0v) is 13.8. The summed E-state index contributed by atoms with van der Waals surface area (Å²) in [5, 5.41) is 0. The lowest BCUT2D eigenvalue weighted by Crippen LogP contribution is -2.17. The monoisotopic (exact) mass is 375 g/mol. The number of rotatable bonds is 4. The molecule has 0 aromatic carbocycles. The van der Waals surface area contributed by atoms with Gasteiger partial charge < -0.3 is 10.5 Å². The number of anilines is 1. The Kier molecular flexibility index (Phi) is 5.38. The van der Waals surface area contributed by atoms with Gasteiger partial charge in [0.25, 0.3) is 0 Å². The Balaban J connectivity index is 2.16. The van der Waals surface area contributed by atoms with Crippen molar-refractivity contribution in [1.29, 1.82) is 0 Å². The minimum Gasteiger partial charge on any atom is -0.383 e. The first-order chi connectivity index (χ1) is 9.15. The summed E-state index contributed by atoms with van der Waals surface area (Å²) < 4.78 is 6.11. The van der Waals surface area contributed by atoms with Gasteiger partial charge >= 0.3 is 0 Å². The lowest BCUT2D eigenvalue weighted by atomic mass is 9.80. The Bertz CT molecular complexity index is 431. The third-order valence-corrected chi connectivity index (χ3v) is 5.21. The number of methoxy groups -OCH3 is 1. The maximum Gasteiger partial charge on any atom is 0.141 e. The molecule has 0 radical (unpaired) electrons. The minimum atomic E-state index is 0.470. The molecular formula is C14H22IN3O. The summed E-state index contributed by atoms with van der Waals surface area (Å²) in [4.78, 5) is 9.17. The van der Waals surface area contributed by atoms with Crippen LogP contribution >= 0.6 is 22.6 Å². The maximum atomic E-state index is 6.00. The third kappa shape index (κ3) is 3.56. The molecule has 0 bridgehead atoms. The lowest BCUT2D eigenvalue weighted by Gasteiger charge is -2.27. The Labute approximate surface area is 128 Å². The van der Waals surface area contributed by atoms with Crippen molar-refractivity contribution in [3.05, 3.63) is 15.1 Å². The maximum absolute atomic E-state index is 6.00. The molecule has 0 amide bonds. The molecule has 19 heavy (non-hydrogen) atoms. The summed E-state index contributed by atoms with van der Waals surface area (Å²) in [5.41, 5.74) is 6.92. The van der Waals surface area contributed by atoms with Crippen molar-refractivity contribution in [2.75, 3.05) is 12.8 Å². The van der Waals surface area contributed by atoms with Crippen molar-refractivity contribution >= 4 is 28.4 Å². The summed E-state index contributed by atoms with van der Waals surface area (Å²) >= 11 is 2.20. The first-order valence-corrected chi connectivity index (χ1v) is 8.04. The van der Waals surface area contributed by atoms with E-state index in [1.807, 2.05) is 0 Å². The predicted molar refractivity (Wildman–Crippen MR) is 84.9 cm³/mol. The van der Waals surface area contributed by atoms with Crippen LogP contribution in [-0.4, -0.2) is 17.1 Å². The molecule has 1 saturated carbocycles. The van der Waals surface area contributed by atoms with Gasteiger partial charge in [0.05, 0.1) is 15.9 Å². The number of hydrogen-bond donors (Lipinski definition) is 1. The number of ether oxygens (including phenoxy) is 1. The second kappa shape index (κ2) is 6.83. The summed E-state index contributed by atoms with van der Waals surface area (Å²) in [6.07, 6.45) is 6.24. The van der Waals surface area contributed by atoms with Gasteiger partial charge in [-0.2, -0.15) is 0 Å². The van der Waals surface area contributed by atoms with Gasteiger partial charge in [0.2, 0.25) is 0 Å². The molecule has 2 rings (SSSR count). The van der Waals surface area contributed by atoms with Crippen LogP contribution in [0.5, 0.6) is 0 Å². The second-order valence-electron chi connectivity index (χ2n) is 5.29. The molecular weight excluding hydrogens is 353 g/mol. The van der Waals surface area contributed by atoms with E-state index in [0.717, 1.165) is 21.0 Å². The van der Waals surface area contributed by atoms with Gasteiger partial charge in [-0.05, 0) is 54.2 Å². The fourth-order valence-electron chi connectivity index (χ4n) is 2.78. The fourth-order valence-corrected chi connectivity index (χ4v) is 3.17. The van der Waals surface area contributed by atoms with Crippen molar-refractivity contribution in [2.24, 2.45) is 5.92 Å². The van der Waals surface area contributed by atoms with E-state index >= 15 is 0 Å². The quantitative estimate of drug-likeness (QED) is 0.819. The molecule has 1 aliphatic rings. The molecule has 1 aromatic rings. The first kappa shape index (κ1) is 15.0. The van der Waals surface area contributed by atoms with Crippen LogP contribution in [0.2, 0.25) is 0 Å². The van der Waals surface area contributed by atoms with Crippen LogP contribution in [0.3, 0.4) is 0 Å². The molecule has 1 fully saturated rings. The van der Waals surface area contributed by atoms with Gasteiger partial charge in [0, 0.05) is 13.0 Å². The van der Waals surface area contributed by atoms with Crippen LogP contribution in [0.1, 0.15) is 56.5 Å². The van der Waals surface area contributed by atoms with Crippen LogP contribution in [0, 0.1) is 9.49 Å². The van der Waals surface area contributed by atoms with Crippen molar-refractivity contribution in [1.82, 2.24) is 9.97 Å². The van der Waals surface area contributed by atoms with Gasteiger partial charge in [0.15, 0.2) is 0 Å². The zero-order valence-electron chi connectivity index (χ0n) is 11.7. The Morgan fingerprint density at radius 3 is 2.53 bits per heavy atom. The number of nitrogens with zero attached hydrogens (tertiary/aromatic N) is 2. The van der Waals surface area contributed by atoms with Crippen molar-refractivity contribution in [3.63, 3.8) is 0 Å². The second-order valence-corrected chi connectivity index (χ2v) is 6.37. The van der Waals surface area contributed by atoms with E-state index in [2.05, 4.69) is 39.5 Å². The minimum absolute atomic E-state index is 0.470. The number of nitrogen functional groups attached to an aromatic ring is 1. The number of halogens is 1. The summed E-state index contributed by atoms with van der Waals surface area (Å²) in [6.45, 7) is 2.78. The predicted octanol–water partition coefficient (Wildman–Crippen LogP) is 3.49. The van der Waals surface area contributed by atoms with E-state index in [1.165, 1.54) is 32.1 Å². The van der Waals surface area contributed by atoms with E-state index in [-0.39, 0.29) is 0 Å². The van der Waals surface area contributed by atoms with E-state index < -0.39 is 0 Å². The van der Waals surface area contributed by atoms with Crippen molar-refractivity contribution in [2.45, 2.75) is 51.6 Å². The van der Waals surface area contributed by atoms with Crippen LogP contribution in [-0.2, 0) is 11.3 Å². The van der Waals surface area contributed by atoms with Crippen molar-refractivity contribution < 1.29 is 4.74 Å². The standard InChI is InChI=1S/C14H22IN3O/c1-3-9-4-6-10(7-5-9)14-17-11(8-19-2)12(15)13(16)18-14/h9-10H,3-8H2,1-2H3,(H2,16,17,18). The van der Waals surface area contributed by atoms with Crippen LogP contribution in [0.25, 0.3) is 0 Å². The highest BCUT2D eigenvalue weighted by Gasteiger charge is 2.24. The average molecular weight is 375 g/mol. The highest BCUT2D eigenvalue weighted by Crippen LogP contribution is 2.36. The molecule has 0 aliphatic heterocycles. The topological polar surface area (TPSA) is 61.0 Å². The first-order valence-electron chi connectivity index (χ1n) is 6.96. The average Bonchev–Trinajstić information content (AvgIpc) is 2.44. The third-order valence-electron chi connectivity index (χ3n) is 4.03. The van der Waals surface area contributed by atoms with Crippen LogP contribution in [0.15, 0.2) is 0 Å². The largest absolute Gasteiger partial charge is 0.383 e. The molecule has 0 saturated heterocycles. The highest BCUT2D eigenvalue weighted by molar-refractivity contribution is 14.1. The van der Waals surface area contributed by atoms with E-state index in [0.29, 0.717) is 18.3 Å². The molecule has 0 unspecified atom stereocenters. The molecule has 1 aromatic heterocycles. The Hall–Kier alpha value is -0.430. The van der Waals surface area contributed by atoms with Crippen molar-refractivity contribution in [3.8, 4) is 0 Å². The number of nitrogens with two attached hydrogens (primary N) is 1. The normalized spacial score (nSPS) is 23.5. The summed E-state index contributed by atoms with van der Waals surface area (Å²) in [7, 11) is 1.68. The molecule has 5 heteroatoms. The lowest BCUT2D eigenvalue weighted by molar-refractivity contribution is 0.180. The molecule has 1 heterocycles. The van der Waals surface area contributed by atoms with E-state index in [9.17, 15) is 0 Å². The molecule has 2 N–H and O–H groups in total. The SMILES string of the molecule is CCC1CCC(c2nc(N)c(I)c(COC)n2)CC1. The molecule has 1 aliphatic carbocycles. The van der Waals surface area contributed by atoms with Crippen LogP contribution in [0.4, 0.5) is 5.82 Å². The Morgan fingerprint density at radius 2 is 1.95 bits per heavy atom. The molecule has 0 spiro atoms. The number of hydrogen-bond acceptors (Lipinski definition) is 4. The van der Waals surface area contributed by atoms with Gasteiger partial charge in [-0.15, -0.1) is 0 Å². The molecule has 0 atom stereocenters. The fraction of sp³-hybridized carbons (Fsp3) is 0.714. The van der Waals surface area contributed by atoms with Gasteiger partial charge in [-0.3, -0.25) is 0 Å². The van der Waals surface area contributed by atoms with Gasteiger partial charge in [-0.1, -0.05) is 13.3 Å². The smallest absolute Gasteiger partial charge is 0.141 e. The van der Waals surface area contributed by atoms with Gasteiger partial charge in [-0.25, -0.2) is 9.97 Å². The van der Waals surface area contributed by atoms with E-state index in [4.69, 9.17) is 10.5 Å². The van der Waals surface area contributed by atoms with Crippen LogP contribution < -0.4 is 5.73 Å².